The number of fused-ring (bicyclic) bond motifs is 1. The van der Waals surface area contributed by atoms with Gasteiger partial charge in [0.15, 0.2) is 4.96 Å². The van der Waals surface area contributed by atoms with Crippen molar-refractivity contribution in [3.8, 4) is 5.75 Å². The molecule has 0 fully saturated rings. The van der Waals surface area contributed by atoms with Gasteiger partial charge in [-0.25, -0.2) is 4.98 Å². The molecule has 0 unspecified atom stereocenters. The maximum Gasteiger partial charge on any atom is 0.226 e. The van der Waals surface area contributed by atoms with Crippen molar-refractivity contribution in [2.75, 3.05) is 13.2 Å². The highest BCUT2D eigenvalue weighted by atomic mass is 32.1. The van der Waals surface area contributed by atoms with Gasteiger partial charge in [0.2, 0.25) is 5.91 Å². The van der Waals surface area contributed by atoms with E-state index in [4.69, 9.17) is 4.74 Å². The topological polar surface area (TPSA) is 55.6 Å². The Bertz CT molecular complexity index is 750. The van der Waals surface area contributed by atoms with Gasteiger partial charge in [0.05, 0.1) is 18.7 Å². The number of hydrogen-bond donors (Lipinski definition) is 1. The van der Waals surface area contributed by atoms with E-state index in [9.17, 15) is 4.79 Å². The van der Waals surface area contributed by atoms with Crippen molar-refractivity contribution in [1.29, 1.82) is 0 Å². The van der Waals surface area contributed by atoms with Crippen molar-refractivity contribution in [1.82, 2.24) is 14.7 Å². The molecule has 1 N–H and O–H groups in total. The van der Waals surface area contributed by atoms with Crippen LogP contribution in [0.1, 0.15) is 11.3 Å². The van der Waals surface area contributed by atoms with E-state index >= 15 is 0 Å². The van der Waals surface area contributed by atoms with Crippen molar-refractivity contribution in [2.24, 2.45) is 0 Å². The summed E-state index contributed by atoms with van der Waals surface area (Å²) in [7, 11) is 0. The number of carbonyl (C=O) groups excluding carboxylic acids is 1. The summed E-state index contributed by atoms with van der Waals surface area (Å²) in [6, 6.07) is 7.85. The number of aromatic nitrogens is 2. The zero-order valence-electron chi connectivity index (χ0n) is 12.3. The molecular formula is C16H17N3O2S. The molecule has 0 aliphatic rings. The normalized spacial score (nSPS) is 10.8. The molecule has 1 amide bonds. The van der Waals surface area contributed by atoms with Crippen LogP contribution in [-0.2, 0) is 11.2 Å². The Hall–Kier alpha value is -2.34. The van der Waals surface area contributed by atoms with Gasteiger partial charge >= 0.3 is 0 Å². The third-order valence-corrected chi connectivity index (χ3v) is 3.94. The zero-order valence-corrected chi connectivity index (χ0v) is 13.1. The van der Waals surface area contributed by atoms with Crippen LogP contribution in [-0.4, -0.2) is 28.4 Å². The average Bonchev–Trinajstić information content (AvgIpc) is 3.05. The second kappa shape index (κ2) is 6.62. The molecule has 3 aromatic rings. The molecule has 0 saturated carbocycles. The van der Waals surface area contributed by atoms with Crippen molar-refractivity contribution < 1.29 is 9.53 Å². The summed E-state index contributed by atoms with van der Waals surface area (Å²) in [5.41, 5.74) is 1.94. The SMILES string of the molecule is Cc1cccc(OCCNC(=O)Cc2cn3ccsc3n2)c1. The maximum absolute atomic E-state index is 11.9. The summed E-state index contributed by atoms with van der Waals surface area (Å²) >= 11 is 1.56. The molecule has 22 heavy (non-hydrogen) atoms. The Morgan fingerprint density at radius 1 is 1.45 bits per heavy atom. The highest BCUT2D eigenvalue weighted by Crippen LogP contribution is 2.12. The fraction of sp³-hybridized carbons (Fsp3) is 0.250. The summed E-state index contributed by atoms with van der Waals surface area (Å²) < 4.78 is 7.51. The van der Waals surface area contributed by atoms with E-state index in [1.54, 1.807) is 11.3 Å². The van der Waals surface area contributed by atoms with E-state index in [1.807, 2.05) is 53.4 Å². The molecule has 0 saturated heterocycles. The molecule has 2 aromatic heterocycles. The van der Waals surface area contributed by atoms with Crippen LogP contribution < -0.4 is 10.1 Å². The van der Waals surface area contributed by atoms with Gasteiger partial charge in [-0.2, -0.15) is 0 Å². The minimum absolute atomic E-state index is 0.0430. The first kappa shape index (κ1) is 14.6. The lowest BCUT2D eigenvalue weighted by atomic mass is 10.2. The highest BCUT2D eigenvalue weighted by molar-refractivity contribution is 7.15. The summed E-state index contributed by atoms with van der Waals surface area (Å²) in [6.07, 6.45) is 4.11. The standard InChI is InChI=1S/C16H17N3O2S/c1-12-3-2-4-14(9-12)21-7-5-17-15(20)10-13-11-19-6-8-22-16(19)18-13/h2-4,6,8-9,11H,5,7,10H2,1H3,(H,17,20). The first-order chi connectivity index (χ1) is 10.7. The molecule has 0 aliphatic heterocycles. The monoisotopic (exact) mass is 315 g/mol. The smallest absolute Gasteiger partial charge is 0.226 e. The predicted molar refractivity (Wildman–Crippen MR) is 86.5 cm³/mol. The Labute approximate surface area is 132 Å². The largest absolute Gasteiger partial charge is 0.492 e. The first-order valence-electron chi connectivity index (χ1n) is 7.08. The van der Waals surface area contributed by atoms with E-state index in [0.29, 0.717) is 19.6 Å². The van der Waals surface area contributed by atoms with Crippen LogP contribution in [0.2, 0.25) is 0 Å². The number of imidazole rings is 1. The van der Waals surface area contributed by atoms with Gasteiger partial charge in [0, 0.05) is 17.8 Å². The van der Waals surface area contributed by atoms with Crippen molar-refractivity contribution >= 4 is 22.2 Å². The van der Waals surface area contributed by atoms with Gasteiger partial charge in [-0.1, -0.05) is 12.1 Å². The fourth-order valence-electron chi connectivity index (χ4n) is 2.15. The van der Waals surface area contributed by atoms with Crippen molar-refractivity contribution in [3.63, 3.8) is 0 Å². The zero-order chi connectivity index (χ0) is 15.4. The number of aryl methyl sites for hydroxylation is 1. The fourth-order valence-corrected chi connectivity index (χ4v) is 2.87. The molecule has 114 valence electrons. The minimum atomic E-state index is -0.0430. The third-order valence-electron chi connectivity index (χ3n) is 3.17. The van der Waals surface area contributed by atoms with Gasteiger partial charge in [0.25, 0.3) is 0 Å². The highest BCUT2D eigenvalue weighted by Gasteiger charge is 2.07. The number of thiazole rings is 1. The number of nitrogens with zero attached hydrogens (tertiary/aromatic N) is 2. The first-order valence-corrected chi connectivity index (χ1v) is 7.96. The quantitative estimate of drug-likeness (QED) is 0.711. The second-order valence-electron chi connectivity index (χ2n) is 5.02. The van der Waals surface area contributed by atoms with Crippen LogP contribution in [0.3, 0.4) is 0 Å². The van der Waals surface area contributed by atoms with E-state index in [-0.39, 0.29) is 5.91 Å². The third kappa shape index (κ3) is 3.65. The molecule has 5 nitrogen and oxygen atoms in total. The van der Waals surface area contributed by atoms with Crippen LogP contribution in [0.5, 0.6) is 5.75 Å². The number of benzene rings is 1. The number of amides is 1. The summed E-state index contributed by atoms with van der Waals surface area (Å²) in [6.45, 7) is 2.95. The molecule has 0 spiro atoms. The van der Waals surface area contributed by atoms with Gasteiger partial charge < -0.3 is 10.1 Å². The molecule has 0 bridgehead atoms. The lowest BCUT2D eigenvalue weighted by Gasteiger charge is -2.07. The van der Waals surface area contributed by atoms with E-state index in [2.05, 4.69) is 10.3 Å². The molecule has 0 atom stereocenters. The van der Waals surface area contributed by atoms with Crippen LogP contribution in [0, 0.1) is 6.92 Å². The number of carbonyl (C=O) groups is 1. The minimum Gasteiger partial charge on any atom is -0.492 e. The van der Waals surface area contributed by atoms with Crippen LogP contribution >= 0.6 is 11.3 Å². The van der Waals surface area contributed by atoms with Gasteiger partial charge in [-0.15, -0.1) is 11.3 Å². The molecule has 0 aliphatic carbocycles. The lowest BCUT2D eigenvalue weighted by molar-refractivity contribution is -0.120. The summed E-state index contributed by atoms with van der Waals surface area (Å²) in [5.74, 6) is 0.780. The van der Waals surface area contributed by atoms with E-state index in [0.717, 1.165) is 22.0 Å². The van der Waals surface area contributed by atoms with Crippen LogP contribution in [0.4, 0.5) is 0 Å². The summed E-state index contributed by atoms with van der Waals surface area (Å²) in [5, 5.41) is 4.81. The van der Waals surface area contributed by atoms with Crippen LogP contribution in [0.15, 0.2) is 42.0 Å². The molecule has 2 heterocycles. The molecule has 1 aromatic carbocycles. The number of ether oxygens (including phenoxy) is 1. The average molecular weight is 315 g/mol. The van der Waals surface area contributed by atoms with Gasteiger partial charge in [0.1, 0.15) is 12.4 Å². The Morgan fingerprint density at radius 3 is 3.18 bits per heavy atom. The molecule has 6 heteroatoms. The Balaban J connectivity index is 1.41. The van der Waals surface area contributed by atoms with Gasteiger partial charge in [-0.3, -0.25) is 9.20 Å². The number of rotatable bonds is 6. The Morgan fingerprint density at radius 2 is 2.36 bits per heavy atom. The van der Waals surface area contributed by atoms with Crippen molar-refractivity contribution in [2.45, 2.75) is 13.3 Å². The second-order valence-corrected chi connectivity index (χ2v) is 5.89. The van der Waals surface area contributed by atoms with Crippen molar-refractivity contribution in [3.05, 3.63) is 53.3 Å². The summed E-state index contributed by atoms with van der Waals surface area (Å²) in [4.78, 5) is 17.2. The lowest BCUT2D eigenvalue weighted by Crippen LogP contribution is -2.29. The molecule has 3 rings (SSSR count). The predicted octanol–water partition coefficient (Wildman–Crippen LogP) is 2.44. The number of hydrogen-bond acceptors (Lipinski definition) is 4. The Kier molecular flexibility index (Phi) is 4.39. The van der Waals surface area contributed by atoms with Gasteiger partial charge in [-0.05, 0) is 24.6 Å². The van der Waals surface area contributed by atoms with Crippen LogP contribution in [0.25, 0.3) is 4.96 Å². The van der Waals surface area contributed by atoms with E-state index < -0.39 is 0 Å². The van der Waals surface area contributed by atoms with E-state index in [1.165, 1.54) is 0 Å². The maximum atomic E-state index is 11.9. The molecule has 0 radical (unpaired) electrons. The number of nitrogens with one attached hydrogen (secondary N) is 1. The molecular weight excluding hydrogens is 298 g/mol.